The van der Waals surface area contributed by atoms with Crippen LogP contribution in [0.1, 0.15) is 0 Å². The second-order valence-corrected chi connectivity index (χ2v) is 14.1. The number of para-hydroxylation sites is 2. The Morgan fingerprint density at radius 2 is 0.833 bits per heavy atom. The highest BCUT2D eigenvalue weighted by atomic mass is 15.1. The van der Waals surface area contributed by atoms with Crippen LogP contribution in [0, 0.1) is 0 Å². The van der Waals surface area contributed by atoms with Crippen LogP contribution in [0.25, 0.3) is 82.8 Å². The molecule has 11 rings (SSSR count). The van der Waals surface area contributed by atoms with Crippen molar-refractivity contribution in [1.29, 1.82) is 0 Å². The molecule has 2 nitrogen and oxygen atoms in total. The largest absolute Gasteiger partial charge is 0.311 e. The number of hydrogen-bond acceptors (Lipinski definition) is 1. The van der Waals surface area contributed by atoms with Crippen molar-refractivity contribution in [2.24, 2.45) is 0 Å². The van der Waals surface area contributed by atoms with Crippen molar-refractivity contribution in [3.05, 3.63) is 206 Å². The Morgan fingerprint density at radius 3 is 1.50 bits per heavy atom. The van der Waals surface area contributed by atoms with Crippen LogP contribution in [0.4, 0.5) is 17.1 Å². The van der Waals surface area contributed by atoms with E-state index in [2.05, 4.69) is 216 Å². The second kappa shape index (κ2) is 12.2. The maximum atomic E-state index is 2.48. The Kier molecular flexibility index (Phi) is 6.90. The van der Waals surface area contributed by atoms with Gasteiger partial charge < -0.3 is 9.47 Å². The molecule has 0 fully saturated rings. The minimum atomic E-state index is 1.12. The molecule has 0 unspecified atom stereocenters. The molecule has 0 aliphatic heterocycles. The molecule has 252 valence electrons. The minimum Gasteiger partial charge on any atom is -0.311 e. The number of rotatable bonds is 6. The van der Waals surface area contributed by atoms with Crippen molar-refractivity contribution in [2.45, 2.75) is 0 Å². The van der Waals surface area contributed by atoms with Crippen LogP contribution >= 0.6 is 0 Å². The van der Waals surface area contributed by atoms with E-state index in [4.69, 9.17) is 0 Å². The Hall–Kier alpha value is -7.16. The summed E-state index contributed by atoms with van der Waals surface area (Å²) in [6.07, 6.45) is 0. The van der Waals surface area contributed by atoms with Crippen LogP contribution in [-0.2, 0) is 0 Å². The molecule has 1 aromatic heterocycles. The summed E-state index contributed by atoms with van der Waals surface area (Å²) in [5.41, 5.74) is 16.9. The normalized spacial score (nSPS) is 11.7. The molecular weight excluding hydrogens is 653 g/mol. The summed E-state index contributed by atoms with van der Waals surface area (Å²) in [4.78, 5) is 2.30. The van der Waals surface area contributed by atoms with Gasteiger partial charge >= 0.3 is 0 Å². The summed E-state index contributed by atoms with van der Waals surface area (Å²) in [6.45, 7) is 0. The molecule has 0 radical (unpaired) electrons. The van der Waals surface area contributed by atoms with Gasteiger partial charge in [0, 0.05) is 33.5 Å². The van der Waals surface area contributed by atoms with Crippen molar-refractivity contribution >= 4 is 49.6 Å². The van der Waals surface area contributed by atoms with E-state index in [9.17, 15) is 0 Å². The van der Waals surface area contributed by atoms with Gasteiger partial charge in [0.25, 0.3) is 0 Å². The van der Waals surface area contributed by atoms with Gasteiger partial charge in [-0.05, 0) is 122 Å². The summed E-state index contributed by atoms with van der Waals surface area (Å²) in [5.74, 6) is 0. The Labute approximate surface area is 314 Å². The number of hydrogen-bond donors (Lipinski definition) is 0. The highest BCUT2D eigenvalue weighted by Gasteiger charge is 2.25. The zero-order valence-electron chi connectivity index (χ0n) is 29.5. The zero-order valence-corrected chi connectivity index (χ0v) is 29.5. The quantitative estimate of drug-likeness (QED) is 0.169. The fraction of sp³-hybridized carbons (Fsp3) is 0. The van der Waals surface area contributed by atoms with Crippen LogP contribution in [0.15, 0.2) is 206 Å². The summed E-state index contributed by atoms with van der Waals surface area (Å²) in [6, 6.07) is 75.1. The molecule has 0 spiro atoms. The van der Waals surface area contributed by atoms with E-state index in [1.54, 1.807) is 0 Å². The van der Waals surface area contributed by atoms with Crippen LogP contribution in [0.2, 0.25) is 0 Å². The summed E-state index contributed by atoms with van der Waals surface area (Å²) < 4.78 is 2.48. The molecule has 0 atom stereocenters. The van der Waals surface area contributed by atoms with Gasteiger partial charge in [0.2, 0.25) is 0 Å². The maximum Gasteiger partial charge on any atom is 0.0553 e. The van der Waals surface area contributed by atoms with E-state index >= 15 is 0 Å². The topological polar surface area (TPSA) is 8.17 Å². The van der Waals surface area contributed by atoms with E-state index < -0.39 is 0 Å². The van der Waals surface area contributed by atoms with Gasteiger partial charge in [-0.15, -0.1) is 0 Å². The first-order valence-electron chi connectivity index (χ1n) is 18.6. The smallest absolute Gasteiger partial charge is 0.0553 e. The van der Waals surface area contributed by atoms with Gasteiger partial charge in [0.05, 0.1) is 11.0 Å². The lowest BCUT2D eigenvalue weighted by Gasteiger charge is -2.25. The molecule has 10 aromatic rings. The van der Waals surface area contributed by atoms with Crippen molar-refractivity contribution < 1.29 is 0 Å². The molecular formula is C52H34N2. The zero-order chi connectivity index (χ0) is 35.6. The molecule has 1 heterocycles. The molecule has 1 aliphatic rings. The fourth-order valence-electron chi connectivity index (χ4n) is 8.68. The van der Waals surface area contributed by atoms with E-state index in [0.717, 1.165) is 22.7 Å². The standard InChI is InChI=1S/C52H34N2/c1-4-13-35(14-5-1)39-33-47-45-21-11-10-20-44(45)46-22-12-15-38-27-32-48-52(50(38)46)51(47)49(34-39)54(48)43-30-25-37(26-31-43)36-23-28-42(29-24-36)53(40-16-6-2-7-17-40)41-18-8-3-9-19-41/h1-34H. The maximum absolute atomic E-state index is 2.48. The number of benzene rings is 9. The SMILES string of the molecule is c1ccc(-c2cc3c4c5c6c(cccc6ccc5n(-c5ccc(-c6ccc(N(c7ccccc7)c7ccccc7)cc6)cc5)c4c2)-c2ccccc2-3)cc1. The second-order valence-electron chi connectivity index (χ2n) is 14.1. The van der Waals surface area contributed by atoms with E-state index in [0.29, 0.717) is 0 Å². The third kappa shape index (κ3) is 4.74. The summed E-state index contributed by atoms with van der Waals surface area (Å²) in [7, 11) is 0. The molecule has 0 bridgehead atoms. The number of nitrogens with zero attached hydrogens (tertiary/aromatic N) is 2. The average Bonchev–Trinajstić information content (AvgIpc) is 3.53. The molecule has 2 heteroatoms. The van der Waals surface area contributed by atoms with Gasteiger partial charge in [-0.3, -0.25) is 0 Å². The molecule has 0 N–H and O–H groups in total. The Balaban J connectivity index is 1.07. The minimum absolute atomic E-state index is 1.12. The Morgan fingerprint density at radius 1 is 0.296 bits per heavy atom. The van der Waals surface area contributed by atoms with Gasteiger partial charge in [-0.1, -0.05) is 140 Å². The third-order valence-corrected chi connectivity index (χ3v) is 11.1. The van der Waals surface area contributed by atoms with Crippen molar-refractivity contribution in [3.8, 4) is 50.2 Å². The highest BCUT2D eigenvalue weighted by molar-refractivity contribution is 6.30. The van der Waals surface area contributed by atoms with Gasteiger partial charge in [0.1, 0.15) is 0 Å². The lowest BCUT2D eigenvalue weighted by Crippen LogP contribution is -2.09. The number of aromatic nitrogens is 1. The van der Waals surface area contributed by atoms with Gasteiger partial charge in [-0.2, -0.15) is 0 Å². The Bertz CT molecular complexity index is 2960. The van der Waals surface area contributed by atoms with Crippen LogP contribution in [-0.4, -0.2) is 4.57 Å². The number of anilines is 3. The predicted octanol–water partition coefficient (Wildman–Crippen LogP) is 14.4. The molecule has 54 heavy (non-hydrogen) atoms. The molecule has 0 saturated carbocycles. The first kappa shape index (κ1) is 30.5. The van der Waals surface area contributed by atoms with Crippen LogP contribution in [0.3, 0.4) is 0 Å². The van der Waals surface area contributed by atoms with E-state index in [-0.39, 0.29) is 0 Å². The van der Waals surface area contributed by atoms with Crippen molar-refractivity contribution in [2.75, 3.05) is 4.90 Å². The predicted molar refractivity (Wildman–Crippen MR) is 228 cm³/mol. The lowest BCUT2D eigenvalue weighted by molar-refractivity contribution is 1.18. The van der Waals surface area contributed by atoms with Crippen molar-refractivity contribution in [1.82, 2.24) is 4.57 Å². The fourth-order valence-corrected chi connectivity index (χ4v) is 8.68. The van der Waals surface area contributed by atoms with Gasteiger partial charge in [0.15, 0.2) is 0 Å². The highest BCUT2D eigenvalue weighted by Crippen LogP contribution is 2.50. The first-order valence-corrected chi connectivity index (χ1v) is 18.6. The van der Waals surface area contributed by atoms with Crippen molar-refractivity contribution in [3.63, 3.8) is 0 Å². The van der Waals surface area contributed by atoms with E-state index in [1.807, 2.05) is 0 Å². The molecule has 1 aliphatic carbocycles. The summed E-state index contributed by atoms with van der Waals surface area (Å²) >= 11 is 0. The molecule has 9 aromatic carbocycles. The number of fused-ring (bicyclic) bond motifs is 3. The third-order valence-electron chi connectivity index (χ3n) is 11.1. The van der Waals surface area contributed by atoms with Crippen LogP contribution < -0.4 is 4.90 Å². The van der Waals surface area contributed by atoms with E-state index in [1.165, 1.54) is 77.1 Å². The molecule has 0 amide bonds. The first-order chi connectivity index (χ1) is 26.8. The van der Waals surface area contributed by atoms with Crippen LogP contribution in [0.5, 0.6) is 0 Å². The lowest BCUT2D eigenvalue weighted by atomic mass is 9.92. The monoisotopic (exact) mass is 686 g/mol. The molecule has 0 saturated heterocycles. The van der Waals surface area contributed by atoms with Gasteiger partial charge in [-0.25, -0.2) is 0 Å². The summed E-state index contributed by atoms with van der Waals surface area (Å²) in [5, 5.41) is 5.23. The average molecular weight is 687 g/mol.